The number of hydrogen-bond donors (Lipinski definition) is 1. The van der Waals surface area contributed by atoms with E-state index in [9.17, 15) is 0 Å². The van der Waals surface area contributed by atoms with Gasteiger partial charge < -0.3 is 10.1 Å². The van der Waals surface area contributed by atoms with E-state index in [4.69, 9.17) is 4.74 Å². The van der Waals surface area contributed by atoms with Crippen molar-refractivity contribution in [1.29, 1.82) is 0 Å². The minimum absolute atomic E-state index is 0.815. The summed E-state index contributed by atoms with van der Waals surface area (Å²) in [6.07, 6.45) is 8.18. The van der Waals surface area contributed by atoms with Crippen LogP contribution in [-0.2, 0) is 4.74 Å². The molecule has 1 aliphatic rings. The molecule has 0 aromatic rings. The fraction of sp³-hybridized carbons (Fsp3) is 1.00. The maximum atomic E-state index is 5.15. The molecular formula is C13H27NO. The van der Waals surface area contributed by atoms with Crippen molar-refractivity contribution >= 4 is 0 Å². The van der Waals surface area contributed by atoms with Gasteiger partial charge in [-0.2, -0.15) is 0 Å². The number of ether oxygens (including phenoxy) is 1. The summed E-state index contributed by atoms with van der Waals surface area (Å²) in [6.45, 7) is 5.61. The standard InChI is InChI=1S/C13H27NO/c1-3-5-12(8-9-15-2)10-14-11-13-6-4-7-13/h12-14H,3-11H2,1-2H3. The largest absolute Gasteiger partial charge is 0.385 e. The molecule has 0 amide bonds. The van der Waals surface area contributed by atoms with Crippen LogP contribution in [0.15, 0.2) is 0 Å². The van der Waals surface area contributed by atoms with E-state index >= 15 is 0 Å². The van der Waals surface area contributed by atoms with Gasteiger partial charge in [0.15, 0.2) is 0 Å². The minimum atomic E-state index is 0.815. The number of nitrogens with one attached hydrogen (secondary N) is 1. The van der Waals surface area contributed by atoms with E-state index in [1.54, 1.807) is 7.11 Å². The van der Waals surface area contributed by atoms with E-state index in [-0.39, 0.29) is 0 Å². The Hall–Kier alpha value is -0.0800. The summed E-state index contributed by atoms with van der Waals surface area (Å²) >= 11 is 0. The summed E-state index contributed by atoms with van der Waals surface area (Å²) in [6, 6.07) is 0. The lowest BCUT2D eigenvalue weighted by molar-refractivity contribution is 0.172. The summed E-state index contributed by atoms with van der Waals surface area (Å²) in [5.74, 6) is 1.80. The first-order chi connectivity index (χ1) is 7.36. The molecule has 2 heteroatoms. The number of methoxy groups -OCH3 is 1. The van der Waals surface area contributed by atoms with Crippen LogP contribution in [0.4, 0.5) is 0 Å². The van der Waals surface area contributed by atoms with Crippen LogP contribution in [0.5, 0.6) is 0 Å². The molecule has 0 aromatic heterocycles. The first kappa shape index (κ1) is 13.0. The maximum absolute atomic E-state index is 5.15. The smallest absolute Gasteiger partial charge is 0.0465 e. The predicted octanol–water partition coefficient (Wildman–Crippen LogP) is 2.83. The first-order valence-electron chi connectivity index (χ1n) is 6.56. The molecule has 1 N–H and O–H groups in total. The third-order valence-electron chi connectivity index (χ3n) is 3.52. The van der Waals surface area contributed by atoms with Crippen molar-refractivity contribution < 1.29 is 4.74 Å². The molecule has 1 unspecified atom stereocenters. The van der Waals surface area contributed by atoms with Crippen molar-refractivity contribution in [1.82, 2.24) is 5.32 Å². The zero-order valence-electron chi connectivity index (χ0n) is 10.4. The van der Waals surface area contributed by atoms with Gasteiger partial charge in [-0.3, -0.25) is 0 Å². The summed E-state index contributed by atoms with van der Waals surface area (Å²) in [5, 5.41) is 3.63. The first-order valence-corrected chi connectivity index (χ1v) is 6.56. The molecule has 1 saturated carbocycles. The van der Waals surface area contributed by atoms with Crippen LogP contribution in [0.25, 0.3) is 0 Å². The van der Waals surface area contributed by atoms with Crippen LogP contribution in [0.2, 0.25) is 0 Å². The molecule has 2 nitrogen and oxygen atoms in total. The lowest BCUT2D eigenvalue weighted by Crippen LogP contribution is -2.31. The number of rotatable bonds is 9. The molecule has 0 bridgehead atoms. The van der Waals surface area contributed by atoms with Crippen molar-refractivity contribution in [3.05, 3.63) is 0 Å². The van der Waals surface area contributed by atoms with Gasteiger partial charge in [0, 0.05) is 13.7 Å². The van der Waals surface area contributed by atoms with Crippen LogP contribution in [0.3, 0.4) is 0 Å². The zero-order valence-corrected chi connectivity index (χ0v) is 10.4. The maximum Gasteiger partial charge on any atom is 0.0465 e. The normalized spacial score (nSPS) is 18.8. The molecule has 0 aliphatic heterocycles. The Morgan fingerprint density at radius 3 is 2.67 bits per heavy atom. The minimum Gasteiger partial charge on any atom is -0.385 e. The van der Waals surface area contributed by atoms with Gasteiger partial charge in [0.2, 0.25) is 0 Å². The highest BCUT2D eigenvalue weighted by Gasteiger charge is 2.17. The predicted molar refractivity (Wildman–Crippen MR) is 65.1 cm³/mol. The average molecular weight is 213 g/mol. The van der Waals surface area contributed by atoms with Crippen molar-refractivity contribution in [2.45, 2.75) is 45.4 Å². The molecule has 0 saturated heterocycles. The Bertz CT molecular complexity index is 145. The fourth-order valence-corrected chi connectivity index (χ4v) is 2.23. The summed E-state index contributed by atoms with van der Waals surface area (Å²) in [7, 11) is 1.80. The van der Waals surface area contributed by atoms with Gasteiger partial charge in [0.1, 0.15) is 0 Å². The van der Waals surface area contributed by atoms with Gasteiger partial charge in [-0.1, -0.05) is 19.8 Å². The topological polar surface area (TPSA) is 21.3 Å². The van der Waals surface area contributed by atoms with Gasteiger partial charge in [0.25, 0.3) is 0 Å². The molecule has 15 heavy (non-hydrogen) atoms. The highest BCUT2D eigenvalue weighted by molar-refractivity contribution is 4.72. The Morgan fingerprint density at radius 1 is 1.33 bits per heavy atom. The van der Waals surface area contributed by atoms with Crippen LogP contribution < -0.4 is 5.32 Å². The Balaban J connectivity index is 2.01. The van der Waals surface area contributed by atoms with E-state index in [0.29, 0.717) is 0 Å². The molecule has 0 aromatic carbocycles. The SMILES string of the molecule is CCCC(CCOC)CNCC1CCC1. The van der Waals surface area contributed by atoms with E-state index in [2.05, 4.69) is 12.2 Å². The molecule has 1 rings (SSSR count). The Kier molecular flexibility index (Phi) is 7.03. The van der Waals surface area contributed by atoms with Crippen LogP contribution in [0.1, 0.15) is 45.4 Å². The summed E-state index contributed by atoms with van der Waals surface area (Å²) in [4.78, 5) is 0. The quantitative estimate of drug-likeness (QED) is 0.636. The average Bonchev–Trinajstić information content (AvgIpc) is 2.18. The third-order valence-corrected chi connectivity index (χ3v) is 3.52. The monoisotopic (exact) mass is 213 g/mol. The van der Waals surface area contributed by atoms with E-state index in [1.165, 1.54) is 51.6 Å². The molecule has 0 radical (unpaired) electrons. The third kappa shape index (κ3) is 5.53. The van der Waals surface area contributed by atoms with Gasteiger partial charge in [-0.25, -0.2) is 0 Å². The summed E-state index contributed by atoms with van der Waals surface area (Å²) < 4.78 is 5.15. The van der Waals surface area contributed by atoms with Gasteiger partial charge >= 0.3 is 0 Å². The van der Waals surface area contributed by atoms with Crippen molar-refractivity contribution in [3.8, 4) is 0 Å². The van der Waals surface area contributed by atoms with E-state index < -0.39 is 0 Å². The molecule has 90 valence electrons. The van der Waals surface area contributed by atoms with Crippen molar-refractivity contribution in [3.63, 3.8) is 0 Å². The summed E-state index contributed by atoms with van der Waals surface area (Å²) in [5.41, 5.74) is 0. The Morgan fingerprint density at radius 2 is 2.13 bits per heavy atom. The second kappa shape index (κ2) is 8.12. The second-order valence-electron chi connectivity index (χ2n) is 4.89. The van der Waals surface area contributed by atoms with Crippen LogP contribution in [-0.4, -0.2) is 26.8 Å². The molecular weight excluding hydrogens is 186 g/mol. The second-order valence-corrected chi connectivity index (χ2v) is 4.89. The molecule has 0 spiro atoms. The zero-order chi connectivity index (χ0) is 10.9. The lowest BCUT2D eigenvalue weighted by atomic mass is 9.85. The highest BCUT2D eigenvalue weighted by Crippen LogP contribution is 2.25. The van der Waals surface area contributed by atoms with Crippen LogP contribution in [0, 0.1) is 11.8 Å². The van der Waals surface area contributed by atoms with Crippen molar-refractivity contribution in [2.24, 2.45) is 11.8 Å². The van der Waals surface area contributed by atoms with Crippen molar-refractivity contribution in [2.75, 3.05) is 26.8 Å². The van der Waals surface area contributed by atoms with E-state index in [0.717, 1.165) is 18.4 Å². The highest BCUT2D eigenvalue weighted by atomic mass is 16.5. The number of hydrogen-bond acceptors (Lipinski definition) is 2. The van der Waals surface area contributed by atoms with E-state index in [1.807, 2.05) is 0 Å². The van der Waals surface area contributed by atoms with Gasteiger partial charge in [-0.15, -0.1) is 0 Å². The van der Waals surface area contributed by atoms with Gasteiger partial charge in [0.05, 0.1) is 0 Å². The molecule has 1 atom stereocenters. The molecule has 1 aliphatic carbocycles. The van der Waals surface area contributed by atoms with Gasteiger partial charge in [-0.05, 0) is 50.6 Å². The lowest BCUT2D eigenvalue weighted by Gasteiger charge is -2.26. The Labute approximate surface area is 94.8 Å². The molecule has 1 fully saturated rings. The fourth-order valence-electron chi connectivity index (χ4n) is 2.23. The molecule has 0 heterocycles. The van der Waals surface area contributed by atoms with Crippen LogP contribution >= 0.6 is 0 Å².